The lowest BCUT2D eigenvalue weighted by atomic mass is 10.1. The van der Waals surface area contributed by atoms with E-state index in [1.807, 2.05) is 48.5 Å². The third kappa shape index (κ3) is 3.99. The molecule has 0 spiro atoms. The molecule has 0 N–H and O–H groups in total. The average Bonchev–Trinajstić information content (AvgIpc) is 2.63. The summed E-state index contributed by atoms with van der Waals surface area (Å²) in [6, 6.07) is 13.2. The summed E-state index contributed by atoms with van der Waals surface area (Å²) >= 11 is 6.11. The maximum absolute atomic E-state index is 13.1. The van der Waals surface area contributed by atoms with E-state index in [4.69, 9.17) is 11.6 Å². The summed E-state index contributed by atoms with van der Waals surface area (Å²) in [7, 11) is 0. The minimum Gasteiger partial charge on any atom is -0.292 e. The third-order valence-electron chi connectivity index (χ3n) is 4.27. The molecule has 3 rings (SSSR count). The van der Waals surface area contributed by atoms with Crippen LogP contribution in [-0.4, -0.2) is 9.55 Å². The number of halogens is 1. The van der Waals surface area contributed by atoms with Crippen molar-refractivity contribution in [3.05, 3.63) is 76.7 Å². The van der Waals surface area contributed by atoms with Gasteiger partial charge in [0.25, 0.3) is 5.56 Å². The number of benzene rings is 1. The topological polar surface area (TPSA) is 34.9 Å². The predicted molar refractivity (Wildman–Crippen MR) is 105 cm³/mol. The standard InChI is InChI=1S/C21H21ClN2O/c1-2-3-4-5-6-13-24-20-17(10-8-12-23-20)15-19(21(24)25)16-9-7-11-18(22)14-16/h2,7-12,14-15H,1,3-6,13H2. The Bertz CT molecular complexity index is 946. The van der Waals surface area contributed by atoms with Gasteiger partial charge in [0.1, 0.15) is 5.65 Å². The number of fused-ring (bicyclic) bond motifs is 1. The first-order chi connectivity index (χ1) is 12.2. The monoisotopic (exact) mass is 352 g/mol. The quantitative estimate of drug-likeness (QED) is 0.418. The van der Waals surface area contributed by atoms with Gasteiger partial charge >= 0.3 is 0 Å². The van der Waals surface area contributed by atoms with Crippen molar-refractivity contribution in [1.82, 2.24) is 9.55 Å². The molecule has 0 saturated heterocycles. The zero-order valence-electron chi connectivity index (χ0n) is 14.1. The van der Waals surface area contributed by atoms with Gasteiger partial charge in [0.2, 0.25) is 0 Å². The van der Waals surface area contributed by atoms with Crippen LogP contribution in [0.15, 0.2) is 66.1 Å². The molecule has 0 saturated carbocycles. The molecule has 2 heterocycles. The first-order valence-corrected chi connectivity index (χ1v) is 8.94. The zero-order chi connectivity index (χ0) is 17.6. The van der Waals surface area contributed by atoms with E-state index in [9.17, 15) is 4.79 Å². The molecule has 4 heteroatoms. The van der Waals surface area contributed by atoms with E-state index in [1.54, 1.807) is 10.8 Å². The minimum atomic E-state index is -0.0165. The zero-order valence-corrected chi connectivity index (χ0v) is 14.9. The average molecular weight is 353 g/mol. The highest BCUT2D eigenvalue weighted by Gasteiger charge is 2.12. The number of hydrogen-bond donors (Lipinski definition) is 0. The second-order valence-electron chi connectivity index (χ2n) is 6.08. The molecule has 3 aromatic rings. The Morgan fingerprint density at radius 2 is 2.00 bits per heavy atom. The molecule has 128 valence electrons. The summed E-state index contributed by atoms with van der Waals surface area (Å²) in [5.41, 5.74) is 2.22. The fourth-order valence-corrected chi connectivity index (χ4v) is 3.20. The molecule has 0 radical (unpaired) electrons. The molecule has 25 heavy (non-hydrogen) atoms. The SMILES string of the molecule is C=CCCCCCn1c(=O)c(-c2cccc(Cl)c2)cc2cccnc21. The van der Waals surface area contributed by atoms with Crippen LogP contribution in [0.2, 0.25) is 5.02 Å². The first-order valence-electron chi connectivity index (χ1n) is 8.56. The van der Waals surface area contributed by atoms with Crippen LogP contribution in [0.4, 0.5) is 0 Å². The highest BCUT2D eigenvalue weighted by atomic mass is 35.5. The van der Waals surface area contributed by atoms with Gasteiger partial charge in [-0.1, -0.05) is 36.2 Å². The third-order valence-corrected chi connectivity index (χ3v) is 4.51. The van der Waals surface area contributed by atoms with Crippen LogP contribution in [0, 0.1) is 0 Å². The van der Waals surface area contributed by atoms with Crippen molar-refractivity contribution in [3.8, 4) is 11.1 Å². The summed E-state index contributed by atoms with van der Waals surface area (Å²) < 4.78 is 1.79. The highest BCUT2D eigenvalue weighted by Crippen LogP contribution is 2.23. The van der Waals surface area contributed by atoms with Gasteiger partial charge in [-0.05, 0) is 55.2 Å². The van der Waals surface area contributed by atoms with Gasteiger partial charge in [-0.15, -0.1) is 6.58 Å². The Balaban J connectivity index is 2.03. The molecule has 0 aliphatic heterocycles. The lowest BCUT2D eigenvalue weighted by Gasteiger charge is -2.12. The van der Waals surface area contributed by atoms with Gasteiger partial charge in [-0.25, -0.2) is 4.98 Å². The molecule has 0 bridgehead atoms. The molecule has 3 nitrogen and oxygen atoms in total. The summed E-state index contributed by atoms with van der Waals surface area (Å²) in [5, 5.41) is 1.59. The Labute approximate surface area is 152 Å². The maximum atomic E-state index is 13.1. The van der Waals surface area contributed by atoms with Crippen LogP contribution >= 0.6 is 11.6 Å². The maximum Gasteiger partial charge on any atom is 0.260 e. The molecule has 0 amide bonds. The van der Waals surface area contributed by atoms with E-state index in [0.717, 1.165) is 42.3 Å². The number of rotatable bonds is 7. The molecule has 0 unspecified atom stereocenters. The Hall–Kier alpha value is -2.39. The van der Waals surface area contributed by atoms with Gasteiger partial charge in [0.15, 0.2) is 0 Å². The largest absolute Gasteiger partial charge is 0.292 e. The van der Waals surface area contributed by atoms with Crippen molar-refractivity contribution in [2.24, 2.45) is 0 Å². The van der Waals surface area contributed by atoms with Crippen molar-refractivity contribution in [2.45, 2.75) is 32.2 Å². The fourth-order valence-electron chi connectivity index (χ4n) is 3.01. The Morgan fingerprint density at radius 1 is 1.12 bits per heavy atom. The van der Waals surface area contributed by atoms with Crippen molar-refractivity contribution >= 4 is 22.6 Å². The molecule has 0 aliphatic rings. The van der Waals surface area contributed by atoms with Gasteiger partial charge in [0, 0.05) is 28.7 Å². The first kappa shape index (κ1) is 17.4. The van der Waals surface area contributed by atoms with E-state index in [0.29, 0.717) is 17.1 Å². The van der Waals surface area contributed by atoms with E-state index >= 15 is 0 Å². The number of hydrogen-bond acceptors (Lipinski definition) is 2. The molecule has 0 atom stereocenters. The smallest absolute Gasteiger partial charge is 0.260 e. The van der Waals surface area contributed by atoms with Gasteiger partial charge in [-0.2, -0.15) is 0 Å². The number of pyridine rings is 2. The van der Waals surface area contributed by atoms with E-state index in [2.05, 4.69) is 11.6 Å². The Morgan fingerprint density at radius 3 is 2.80 bits per heavy atom. The second kappa shape index (κ2) is 8.13. The summed E-state index contributed by atoms with van der Waals surface area (Å²) in [4.78, 5) is 17.5. The van der Waals surface area contributed by atoms with Crippen LogP contribution in [0.3, 0.4) is 0 Å². The van der Waals surface area contributed by atoms with Crippen LogP contribution in [0.25, 0.3) is 22.2 Å². The summed E-state index contributed by atoms with van der Waals surface area (Å²) in [6.07, 6.45) is 7.78. The fraction of sp³-hybridized carbons (Fsp3) is 0.238. The van der Waals surface area contributed by atoms with Crippen LogP contribution in [0.5, 0.6) is 0 Å². The molecular formula is C21H21ClN2O. The Kier molecular flexibility index (Phi) is 5.67. The normalized spacial score (nSPS) is 10.9. The molecule has 2 aromatic heterocycles. The number of allylic oxidation sites excluding steroid dienone is 1. The number of unbranched alkanes of at least 4 members (excludes halogenated alkanes) is 3. The lowest BCUT2D eigenvalue weighted by molar-refractivity contribution is 0.588. The second-order valence-corrected chi connectivity index (χ2v) is 6.52. The van der Waals surface area contributed by atoms with Crippen LogP contribution in [0.1, 0.15) is 25.7 Å². The summed E-state index contributed by atoms with van der Waals surface area (Å²) in [6.45, 7) is 4.41. The van der Waals surface area contributed by atoms with Crippen molar-refractivity contribution in [1.29, 1.82) is 0 Å². The molecule has 0 aliphatic carbocycles. The van der Waals surface area contributed by atoms with E-state index < -0.39 is 0 Å². The molecule has 1 aromatic carbocycles. The predicted octanol–water partition coefficient (Wildman–Crippen LogP) is 5.46. The number of aromatic nitrogens is 2. The van der Waals surface area contributed by atoms with Gasteiger partial charge in [-0.3, -0.25) is 9.36 Å². The van der Waals surface area contributed by atoms with Crippen molar-refractivity contribution < 1.29 is 0 Å². The van der Waals surface area contributed by atoms with Gasteiger partial charge in [0.05, 0.1) is 0 Å². The summed E-state index contributed by atoms with van der Waals surface area (Å²) in [5.74, 6) is 0. The van der Waals surface area contributed by atoms with Crippen LogP contribution < -0.4 is 5.56 Å². The lowest BCUT2D eigenvalue weighted by Crippen LogP contribution is -2.23. The van der Waals surface area contributed by atoms with Gasteiger partial charge < -0.3 is 0 Å². The van der Waals surface area contributed by atoms with E-state index in [1.165, 1.54) is 0 Å². The minimum absolute atomic E-state index is 0.0165. The van der Waals surface area contributed by atoms with E-state index in [-0.39, 0.29) is 5.56 Å². The van der Waals surface area contributed by atoms with Crippen molar-refractivity contribution in [2.75, 3.05) is 0 Å². The van der Waals surface area contributed by atoms with Crippen LogP contribution in [-0.2, 0) is 6.54 Å². The highest BCUT2D eigenvalue weighted by molar-refractivity contribution is 6.30. The number of nitrogens with zero attached hydrogens (tertiary/aromatic N) is 2. The molecular weight excluding hydrogens is 332 g/mol. The molecule has 0 fully saturated rings. The van der Waals surface area contributed by atoms with Crippen molar-refractivity contribution in [3.63, 3.8) is 0 Å². The number of aryl methyl sites for hydroxylation is 1.